The van der Waals surface area contributed by atoms with Gasteiger partial charge in [-0.2, -0.15) is 4.31 Å². The van der Waals surface area contributed by atoms with Gasteiger partial charge in [-0.25, -0.2) is 12.8 Å². The number of carbonyl (C=O) groups excluding carboxylic acids is 2. The number of carbonyl (C=O) groups is 2. The molecule has 31 heavy (non-hydrogen) atoms. The van der Waals surface area contributed by atoms with Gasteiger partial charge in [-0.05, 0) is 62.4 Å². The summed E-state index contributed by atoms with van der Waals surface area (Å²) < 4.78 is 45.8. The number of benzene rings is 2. The van der Waals surface area contributed by atoms with Crippen LogP contribution in [-0.2, 0) is 14.8 Å². The predicted octanol–water partition coefficient (Wildman–Crippen LogP) is 2.48. The minimum atomic E-state index is -3.93. The number of amides is 1. The smallest absolute Gasteiger partial charge is 0.243 e. The molecule has 166 valence electrons. The Morgan fingerprint density at radius 2 is 1.61 bits per heavy atom. The maximum atomic E-state index is 13.3. The number of rotatable bonds is 7. The van der Waals surface area contributed by atoms with E-state index in [0.717, 1.165) is 16.4 Å². The third-order valence-electron chi connectivity index (χ3n) is 5.22. The molecular weight excluding hydrogens is 423 g/mol. The molecule has 1 amide bonds. The van der Waals surface area contributed by atoms with Crippen LogP contribution in [0.1, 0.15) is 24.2 Å². The molecule has 0 spiro atoms. The van der Waals surface area contributed by atoms with Crippen LogP contribution in [0.15, 0.2) is 53.4 Å². The van der Waals surface area contributed by atoms with E-state index in [2.05, 4.69) is 5.32 Å². The van der Waals surface area contributed by atoms with Crippen molar-refractivity contribution in [3.05, 3.63) is 59.9 Å². The molecule has 2 aromatic rings. The van der Waals surface area contributed by atoms with E-state index in [-0.39, 0.29) is 35.5 Å². The monoisotopic (exact) mass is 448 g/mol. The lowest BCUT2D eigenvalue weighted by Crippen LogP contribution is -2.40. The maximum absolute atomic E-state index is 13.3. The predicted molar refractivity (Wildman–Crippen MR) is 113 cm³/mol. The summed E-state index contributed by atoms with van der Waals surface area (Å²) in [7, 11) is -2.45. The minimum Gasteiger partial charge on any atom is -0.497 e. The summed E-state index contributed by atoms with van der Waals surface area (Å²) in [5.74, 6) is -2.48. The molecule has 7 nitrogen and oxygen atoms in total. The molecule has 2 atom stereocenters. The van der Waals surface area contributed by atoms with Crippen LogP contribution in [0.5, 0.6) is 5.75 Å². The molecule has 0 aromatic heterocycles. The molecule has 0 aliphatic carbocycles. The van der Waals surface area contributed by atoms with Gasteiger partial charge in [0.25, 0.3) is 0 Å². The van der Waals surface area contributed by atoms with Gasteiger partial charge in [0.05, 0.1) is 17.9 Å². The van der Waals surface area contributed by atoms with Crippen LogP contribution in [0.2, 0.25) is 0 Å². The van der Waals surface area contributed by atoms with Crippen LogP contribution in [0.25, 0.3) is 0 Å². The van der Waals surface area contributed by atoms with E-state index >= 15 is 0 Å². The molecule has 0 radical (unpaired) electrons. The lowest BCUT2D eigenvalue weighted by Gasteiger charge is -2.18. The number of nitrogens with zero attached hydrogens (tertiary/aromatic N) is 1. The lowest BCUT2D eigenvalue weighted by molar-refractivity contribution is -0.125. The van der Waals surface area contributed by atoms with Crippen molar-refractivity contribution < 1.29 is 27.1 Å². The molecule has 1 fully saturated rings. The highest BCUT2D eigenvalue weighted by Gasteiger charge is 2.46. The number of hydrogen-bond acceptors (Lipinski definition) is 5. The summed E-state index contributed by atoms with van der Waals surface area (Å²) in [5.41, 5.74) is 0.234. The number of sulfonamides is 1. The number of Topliss-reactive ketones (excluding diaryl/α,β-unsaturated/α-hetero) is 1. The zero-order valence-corrected chi connectivity index (χ0v) is 18.4. The first-order valence-electron chi connectivity index (χ1n) is 9.88. The summed E-state index contributed by atoms with van der Waals surface area (Å²) in [6, 6.07) is 10.8. The van der Waals surface area contributed by atoms with Gasteiger partial charge in [-0.3, -0.25) is 9.59 Å². The van der Waals surface area contributed by atoms with E-state index in [4.69, 9.17) is 4.74 Å². The van der Waals surface area contributed by atoms with E-state index < -0.39 is 33.5 Å². The van der Waals surface area contributed by atoms with E-state index in [1.165, 1.54) is 43.5 Å². The first kappa shape index (κ1) is 22.9. The largest absolute Gasteiger partial charge is 0.497 e. The van der Waals surface area contributed by atoms with Crippen LogP contribution < -0.4 is 10.1 Å². The Labute approximate surface area is 181 Å². The van der Waals surface area contributed by atoms with Crippen LogP contribution in [-0.4, -0.2) is 50.7 Å². The second-order valence-electron chi connectivity index (χ2n) is 7.74. The minimum absolute atomic E-state index is 0.0474. The molecule has 0 bridgehead atoms. The molecule has 1 saturated heterocycles. The average molecular weight is 449 g/mol. The van der Waals surface area contributed by atoms with E-state index in [1.54, 1.807) is 13.8 Å². The SMILES string of the molecule is COc1ccc(S(=O)(=O)N2C[C@@H](C(=O)NC(C)C)[C@H](C(=O)c3ccc(F)cc3)C2)cc1. The quantitative estimate of drug-likeness (QED) is 0.657. The van der Waals surface area contributed by atoms with Crippen molar-refractivity contribution in [2.75, 3.05) is 20.2 Å². The summed E-state index contributed by atoms with van der Waals surface area (Å²) in [6.07, 6.45) is 0. The van der Waals surface area contributed by atoms with Gasteiger partial charge in [0, 0.05) is 30.6 Å². The molecule has 3 rings (SSSR count). The molecule has 2 aromatic carbocycles. The number of halogens is 1. The van der Waals surface area contributed by atoms with Gasteiger partial charge in [0.1, 0.15) is 11.6 Å². The molecular formula is C22H25FN2O5S. The number of ether oxygens (including phenoxy) is 1. The standard InChI is InChI=1S/C22H25FN2O5S/c1-14(2)24-22(27)20-13-25(31(28,29)18-10-8-17(30-3)9-11-18)12-19(20)21(26)15-4-6-16(23)7-5-15/h4-11,14,19-20H,12-13H2,1-3H3,(H,24,27)/t19-,20-/m1/s1. The molecule has 0 unspecified atom stereocenters. The Hall–Kier alpha value is -2.78. The highest BCUT2D eigenvalue weighted by atomic mass is 32.2. The normalized spacial score (nSPS) is 19.4. The molecule has 1 N–H and O–H groups in total. The van der Waals surface area contributed by atoms with Gasteiger partial charge < -0.3 is 10.1 Å². The van der Waals surface area contributed by atoms with Gasteiger partial charge >= 0.3 is 0 Å². The molecule has 0 saturated carbocycles. The number of ketones is 1. The fraction of sp³-hybridized carbons (Fsp3) is 0.364. The maximum Gasteiger partial charge on any atom is 0.243 e. The van der Waals surface area contributed by atoms with Crippen molar-refractivity contribution in [1.82, 2.24) is 9.62 Å². The van der Waals surface area contributed by atoms with E-state index in [9.17, 15) is 22.4 Å². The first-order chi connectivity index (χ1) is 14.6. The topological polar surface area (TPSA) is 92.8 Å². The fourth-order valence-electron chi connectivity index (χ4n) is 3.61. The highest BCUT2D eigenvalue weighted by Crippen LogP contribution is 2.32. The van der Waals surface area contributed by atoms with Crippen molar-refractivity contribution in [3.63, 3.8) is 0 Å². The third kappa shape index (κ3) is 4.94. The Morgan fingerprint density at radius 3 is 2.16 bits per heavy atom. The zero-order valence-electron chi connectivity index (χ0n) is 17.5. The second kappa shape index (κ2) is 9.15. The van der Waals surface area contributed by atoms with Gasteiger partial charge in [0.15, 0.2) is 5.78 Å². The van der Waals surface area contributed by atoms with Crippen molar-refractivity contribution in [2.24, 2.45) is 11.8 Å². The first-order valence-corrected chi connectivity index (χ1v) is 11.3. The Balaban J connectivity index is 1.92. The molecule has 1 heterocycles. The van der Waals surface area contributed by atoms with Crippen LogP contribution >= 0.6 is 0 Å². The van der Waals surface area contributed by atoms with Gasteiger partial charge in [0.2, 0.25) is 15.9 Å². The molecule has 1 aliphatic rings. The highest BCUT2D eigenvalue weighted by molar-refractivity contribution is 7.89. The van der Waals surface area contributed by atoms with Crippen molar-refractivity contribution in [1.29, 1.82) is 0 Å². The second-order valence-corrected chi connectivity index (χ2v) is 9.68. The van der Waals surface area contributed by atoms with Crippen LogP contribution in [0, 0.1) is 17.7 Å². The summed E-state index contributed by atoms with van der Waals surface area (Å²) in [6.45, 7) is 3.32. The van der Waals surface area contributed by atoms with Crippen molar-refractivity contribution in [3.8, 4) is 5.75 Å². The average Bonchev–Trinajstić information content (AvgIpc) is 3.20. The summed E-state index contributed by atoms with van der Waals surface area (Å²) in [5, 5.41) is 2.77. The summed E-state index contributed by atoms with van der Waals surface area (Å²) >= 11 is 0. The molecule has 9 heteroatoms. The number of methoxy groups -OCH3 is 1. The van der Waals surface area contributed by atoms with Crippen LogP contribution in [0.4, 0.5) is 4.39 Å². The summed E-state index contributed by atoms with van der Waals surface area (Å²) in [4.78, 5) is 25.9. The van der Waals surface area contributed by atoms with Gasteiger partial charge in [-0.1, -0.05) is 0 Å². The Bertz CT molecular complexity index is 1050. The van der Waals surface area contributed by atoms with Gasteiger partial charge in [-0.15, -0.1) is 0 Å². The van der Waals surface area contributed by atoms with E-state index in [0.29, 0.717) is 5.75 Å². The van der Waals surface area contributed by atoms with Crippen LogP contribution in [0.3, 0.4) is 0 Å². The van der Waals surface area contributed by atoms with E-state index in [1.807, 2.05) is 0 Å². The van der Waals surface area contributed by atoms with Crippen molar-refractivity contribution >= 4 is 21.7 Å². The number of nitrogens with one attached hydrogen (secondary N) is 1. The fourth-order valence-corrected chi connectivity index (χ4v) is 5.10. The Kier molecular flexibility index (Phi) is 6.76. The molecule has 1 aliphatic heterocycles. The zero-order chi connectivity index (χ0) is 22.8. The lowest BCUT2D eigenvalue weighted by atomic mass is 9.87. The van der Waals surface area contributed by atoms with Crippen molar-refractivity contribution in [2.45, 2.75) is 24.8 Å². The number of hydrogen-bond donors (Lipinski definition) is 1. The third-order valence-corrected chi connectivity index (χ3v) is 7.06. The Morgan fingerprint density at radius 1 is 1.03 bits per heavy atom.